The lowest BCUT2D eigenvalue weighted by Crippen LogP contribution is -2.78. The van der Waals surface area contributed by atoms with Crippen LogP contribution in [0.3, 0.4) is 0 Å². The molecule has 3 aliphatic rings. The van der Waals surface area contributed by atoms with Gasteiger partial charge >= 0.3 is 29.8 Å². The van der Waals surface area contributed by atoms with Gasteiger partial charge in [-0.2, -0.15) is 0 Å². The average Bonchev–Trinajstić information content (AvgIpc) is 3.03. The van der Waals surface area contributed by atoms with Crippen LogP contribution in [0, 0.1) is 17.3 Å². The summed E-state index contributed by atoms with van der Waals surface area (Å²) >= 11 is 0. The second-order valence-corrected chi connectivity index (χ2v) is 11.8. The molecular formula is C30H38O11. The molecule has 11 heteroatoms. The van der Waals surface area contributed by atoms with Gasteiger partial charge in [-0.05, 0) is 44.7 Å². The fraction of sp³-hybridized carbons (Fsp3) is 0.633. The van der Waals surface area contributed by atoms with E-state index in [2.05, 4.69) is 0 Å². The molecule has 0 aromatic heterocycles. The van der Waals surface area contributed by atoms with E-state index < -0.39 is 89.3 Å². The monoisotopic (exact) mass is 574 g/mol. The Morgan fingerprint density at radius 3 is 1.95 bits per heavy atom. The molecular weight excluding hydrogens is 536 g/mol. The summed E-state index contributed by atoms with van der Waals surface area (Å²) < 4.78 is 36.4. The van der Waals surface area contributed by atoms with Crippen LogP contribution in [0.1, 0.15) is 71.7 Å². The Hall–Kier alpha value is -3.47. The van der Waals surface area contributed by atoms with Crippen LogP contribution in [0.15, 0.2) is 30.3 Å². The Kier molecular flexibility index (Phi) is 8.23. The first kappa shape index (κ1) is 30.5. The molecule has 1 saturated heterocycles. The molecule has 11 nitrogen and oxygen atoms in total. The van der Waals surface area contributed by atoms with Gasteiger partial charge in [0, 0.05) is 33.6 Å². The number of carbonyl (C=O) groups is 5. The molecule has 0 radical (unpaired) electrons. The minimum Gasteiger partial charge on any atom is -0.465 e. The molecule has 1 heterocycles. The first-order valence-corrected chi connectivity index (χ1v) is 13.8. The van der Waals surface area contributed by atoms with Crippen molar-refractivity contribution in [2.45, 2.75) is 96.9 Å². The average molecular weight is 575 g/mol. The zero-order valence-electron chi connectivity index (χ0n) is 24.5. The third-order valence-electron chi connectivity index (χ3n) is 8.72. The molecule has 3 fully saturated rings. The third kappa shape index (κ3) is 5.20. The van der Waals surface area contributed by atoms with Gasteiger partial charge in [-0.15, -0.1) is 0 Å². The first-order valence-electron chi connectivity index (χ1n) is 13.8. The maximum atomic E-state index is 13.5. The zero-order chi connectivity index (χ0) is 30.3. The van der Waals surface area contributed by atoms with Crippen molar-refractivity contribution in [1.82, 2.24) is 0 Å². The zero-order valence-corrected chi connectivity index (χ0v) is 24.5. The van der Waals surface area contributed by atoms with Crippen molar-refractivity contribution in [1.29, 1.82) is 0 Å². The van der Waals surface area contributed by atoms with Crippen LogP contribution in [0.4, 0.5) is 0 Å². The highest BCUT2D eigenvalue weighted by molar-refractivity contribution is 5.89. The van der Waals surface area contributed by atoms with Crippen LogP contribution in [-0.2, 0) is 47.6 Å². The molecule has 1 aromatic carbocycles. The van der Waals surface area contributed by atoms with Gasteiger partial charge in [-0.3, -0.25) is 19.2 Å². The molecule has 41 heavy (non-hydrogen) atoms. The van der Waals surface area contributed by atoms with E-state index in [0.29, 0.717) is 0 Å². The van der Waals surface area contributed by atoms with Crippen LogP contribution in [0.25, 0.3) is 0 Å². The maximum absolute atomic E-state index is 13.5. The van der Waals surface area contributed by atoms with Crippen molar-refractivity contribution in [2.24, 2.45) is 17.3 Å². The quantitative estimate of drug-likeness (QED) is 0.350. The van der Waals surface area contributed by atoms with Gasteiger partial charge in [-0.25, -0.2) is 4.79 Å². The van der Waals surface area contributed by atoms with E-state index in [0.717, 1.165) is 0 Å². The van der Waals surface area contributed by atoms with Crippen molar-refractivity contribution >= 4 is 29.8 Å². The number of carbonyl (C=O) groups excluding carboxylic acids is 5. The molecule has 0 N–H and O–H groups in total. The van der Waals surface area contributed by atoms with E-state index in [1.165, 1.54) is 27.7 Å². The van der Waals surface area contributed by atoms with E-state index >= 15 is 0 Å². The summed E-state index contributed by atoms with van der Waals surface area (Å²) in [5, 5.41) is 0. The van der Waals surface area contributed by atoms with Crippen molar-refractivity contribution in [3.05, 3.63) is 35.9 Å². The van der Waals surface area contributed by atoms with Crippen LogP contribution >= 0.6 is 0 Å². The Morgan fingerprint density at radius 2 is 1.39 bits per heavy atom. The molecule has 2 aliphatic carbocycles. The Bertz CT molecular complexity index is 1210. The lowest BCUT2D eigenvalue weighted by Gasteiger charge is -2.63. The standard InChI is InChI=1S/C30H38O11/c1-16-13-23(37-18(3)32)26(39-20(5)34)29(15-36-17(2)31)24(40-27(35)21-11-9-8-10-12-21)14-22-25(38-19(4)33)30(16,29)41-28(22,6)7/h8-12,16,22-26H,13-15H2,1-7H3/t16-,22-,23+,24-,25-,26+,29-,30-/m1/s1. The van der Waals surface area contributed by atoms with Gasteiger partial charge in [0.05, 0.1) is 11.2 Å². The number of hydrogen-bond donors (Lipinski definition) is 0. The molecule has 2 saturated carbocycles. The van der Waals surface area contributed by atoms with Gasteiger partial charge < -0.3 is 28.4 Å². The largest absolute Gasteiger partial charge is 0.465 e. The molecule has 0 unspecified atom stereocenters. The number of rotatable bonds is 7. The summed E-state index contributed by atoms with van der Waals surface area (Å²) in [6.07, 6.45) is -3.97. The summed E-state index contributed by atoms with van der Waals surface area (Å²) in [7, 11) is 0. The summed E-state index contributed by atoms with van der Waals surface area (Å²) in [5.74, 6) is -4.13. The fourth-order valence-corrected chi connectivity index (χ4v) is 7.38. The molecule has 2 bridgehead atoms. The van der Waals surface area contributed by atoms with Crippen molar-refractivity contribution in [2.75, 3.05) is 6.61 Å². The highest BCUT2D eigenvalue weighted by Gasteiger charge is 2.82. The van der Waals surface area contributed by atoms with Gasteiger partial charge in [0.1, 0.15) is 35.9 Å². The van der Waals surface area contributed by atoms with E-state index in [-0.39, 0.29) is 18.4 Å². The predicted molar refractivity (Wildman–Crippen MR) is 141 cm³/mol. The number of esters is 5. The smallest absolute Gasteiger partial charge is 0.338 e. The third-order valence-corrected chi connectivity index (χ3v) is 8.72. The minimum absolute atomic E-state index is 0.115. The SMILES string of the molecule is CC(=O)OC[C@]12[C@H](OC(=O)c3ccccc3)C[C@@H]3[C@@H](OC(C)=O)[C@]1(OC3(C)C)[C@H](C)C[C@H](OC(C)=O)[C@@H]2OC(C)=O. The lowest BCUT2D eigenvalue weighted by atomic mass is 9.47. The molecule has 4 rings (SSSR count). The lowest BCUT2D eigenvalue weighted by molar-refractivity contribution is -0.319. The first-order chi connectivity index (χ1) is 19.2. The Balaban J connectivity index is 2.01. The van der Waals surface area contributed by atoms with Crippen LogP contribution in [-0.4, -0.2) is 72.1 Å². The van der Waals surface area contributed by atoms with Crippen molar-refractivity contribution in [3.63, 3.8) is 0 Å². The van der Waals surface area contributed by atoms with Gasteiger partial charge in [0.15, 0.2) is 6.10 Å². The Morgan fingerprint density at radius 1 is 0.805 bits per heavy atom. The van der Waals surface area contributed by atoms with Crippen LogP contribution in [0.5, 0.6) is 0 Å². The predicted octanol–water partition coefficient (Wildman–Crippen LogP) is 3.16. The molecule has 1 aliphatic heterocycles. The second kappa shape index (κ2) is 11.1. The molecule has 8 atom stereocenters. The molecule has 1 aromatic rings. The normalized spacial score (nSPS) is 34.9. The minimum atomic E-state index is -1.64. The second-order valence-electron chi connectivity index (χ2n) is 11.8. The number of benzene rings is 1. The molecule has 0 amide bonds. The van der Waals surface area contributed by atoms with Crippen molar-refractivity contribution < 1.29 is 52.4 Å². The van der Waals surface area contributed by atoms with E-state index in [4.69, 9.17) is 28.4 Å². The summed E-state index contributed by atoms with van der Waals surface area (Å²) in [6, 6.07) is 8.36. The van der Waals surface area contributed by atoms with Gasteiger partial charge in [0.25, 0.3) is 0 Å². The molecule has 1 spiro atoms. The van der Waals surface area contributed by atoms with E-state index in [1.54, 1.807) is 30.3 Å². The van der Waals surface area contributed by atoms with Crippen LogP contribution < -0.4 is 0 Å². The Labute approximate surface area is 239 Å². The van der Waals surface area contributed by atoms with Crippen LogP contribution in [0.2, 0.25) is 0 Å². The summed E-state index contributed by atoms with van der Waals surface area (Å²) in [4.78, 5) is 63.2. The molecule has 224 valence electrons. The van der Waals surface area contributed by atoms with Crippen molar-refractivity contribution in [3.8, 4) is 0 Å². The van der Waals surface area contributed by atoms with E-state index in [9.17, 15) is 24.0 Å². The summed E-state index contributed by atoms with van der Waals surface area (Å²) in [5.41, 5.74) is -3.74. The van der Waals surface area contributed by atoms with Gasteiger partial charge in [-0.1, -0.05) is 25.1 Å². The highest BCUT2D eigenvalue weighted by atomic mass is 16.6. The maximum Gasteiger partial charge on any atom is 0.338 e. The summed E-state index contributed by atoms with van der Waals surface area (Å²) in [6.45, 7) is 10.1. The fourth-order valence-electron chi connectivity index (χ4n) is 7.38. The number of ether oxygens (including phenoxy) is 6. The van der Waals surface area contributed by atoms with Gasteiger partial charge in [0.2, 0.25) is 0 Å². The van der Waals surface area contributed by atoms with E-state index in [1.807, 2.05) is 20.8 Å². The number of fused-ring (bicyclic) bond motifs is 1. The highest BCUT2D eigenvalue weighted by Crippen LogP contribution is 2.68. The topological polar surface area (TPSA) is 141 Å². The number of hydrogen-bond acceptors (Lipinski definition) is 11.